The summed E-state index contributed by atoms with van der Waals surface area (Å²) in [5.74, 6) is 1.12. The molecule has 0 bridgehead atoms. The summed E-state index contributed by atoms with van der Waals surface area (Å²) in [6, 6.07) is 9.92. The summed E-state index contributed by atoms with van der Waals surface area (Å²) in [6.45, 7) is 8.11. The normalized spacial score (nSPS) is 21.3. The molecule has 1 amide bonds. The third-order valence-electron chi connectivity index (χ3n) is 6.37. The lowest BCUT2D eigenvalue weighted by molar-refractivity contribution is -0.123. The van der Waals surface area contributed by atoms with Gasteiger partial charge in [0.25, 0.3) is 0 Å². The van der Waals surface area contributed by atoms with E-state index in [-0.39, 0.29) is 11.3 Å². The average molecular weight is 415 g/mol. The number of H-pyrrole nitrogens is 1. The zero-order valence-electron chi connectivity index (χ0n) is 17.4. The first-order valence-corrected chi connectivity index (χ1v) is 11.1. The van der Waals surface area contributed by atoms with Crippen molar-refractivity contribution in [1.29, 1.82) is 0 Å². The maximum absolute atomic E-state index is 12.9. The topological polar surface area (TPSA) is 61.0 Å². The molecule has 1 saturated carbocycles. The summed E-state index contributed by atoms with van der Waals surface area (Å²) in [5.41, 5.74) is 3.06. The van der Waals surface area contributed by atoms with Crippen molar-refractivity contribution in [1.82, 2.24) is 20.4 Å². The van der Waals surface area contributed by atoms with Gasteiger partial charge in [-0.1, -0.05) is 37.6 Å². The van der Waals surface area contributed by atoms with E-state index < -0.39 is 0 Å². The number of hydrogen-bond donors (Lipinski definition) is 2. The van der Waals surface area contributed by atoms with E-state index in [0.29, 0.717) is 16.9 Å². The van der Waals surface area contributed by atoms with Crippen molar-refractivity contribution in [3.63, 3.8) is 0 Å². The Balaban J connectivity index is 1.29. The lowest BCUT2D eigenvalue weighted by atomic mass is 9.93. The van der Waals surface area contributed by atoms with E-state index in [0.717, 1.165) is 50.3 Å². The summed E-state index contributed by atoms with van der Waals surface area (Å²) >= 11 is 6.00. The fourth-order valence-corrected chi connectivity index (χ4v) is 4.53. The highest BCUT2D eigenvalue weighted by atomic mass is 35.5. The Morgan fingerprint density at radius 2 is 2.10 bits per heavy atom. The van der Waals surface area contributed by atoms with E-state index in [1.54, 1.807) is 0 Å². The molecule has 1 aliphatic carbocycles. The van der Waals surface area contributed by atoms with Crippen LogP contribution in [0.2, 0.25) is 5.02 Å². The van der Waals surface area contributed by atoms with Crippen LogP contribution in [0.1, 0.15) is 62.4 Å². The van der Waals surface area contributed by atoms with Crippen molar-refractivity contribution < 1.29 is 4.79 Å². The minimum atomic E-state index is -0.331. The lowest BCUT2D eigenvalue weighted by Gasteiger charge is -2.32. The monoisotopic (exact) mass is 414 g/mol. The number of benzene rings is 1. The van der Waals surface area contributed by atoms with Crippen LogP contribution >= 0.6 is 11.6 Å². The molecule has 2 N–H and O–H groups in total. The van der Waals surface area contributed by atoms with Crippen LogP contribution in [-0.2, 0) is 16.8 Å². The van der Waals surface area contributed by atoms with Crippen LogP contribution in [-0.4, -0.2) is 40.6 Å². The molecule has 6 heteroatoms. The molecule has 4 rings (SSSR count). The van der Waals surface area contributed by atoms with Crippen LogP contribution in [0.15, 0.2) is 30.3 Å². The number of likely N-dealkylation sites (tertiary alicyclic amines) is 1. The van der Waals surface area contributed by atoms with Crippen molar-refractivity contribution >= 4 is 17.5 Å². The number of rotatable bonds is 7. The standard InChI is InChI=1S/C23H31ClN4O/c1-16(2)21-12-20(26-27-21)15-28-11-3-4-17(14-28)13-25-22(29)23(9-10-23)18-5-7-19(24)8-6-18/h5-8,12,16-17H,3-4,9-11,13-15H2,1-2H3,(H,25,29)(H,26,27)/t17-/m0/s1. The molecule has 156 valence electrons. The number of carbonyl (C=O) groups is 1. The summed E-state index contributed by atoms with van der Waals surface area (Å²) < 4.78 is 0. The Hall–Kier alpha value is -1.85. The van der Waals surface area contributed by atoms with Gasteiger partial charge < -0.3 is 5.32 Å². The smallest absolute Gasteiger partial charge is 0.230 e. The lowest BCUT2D eigenvalue weighted by Crippen LogP contribution is -2.43. The number of hydrogen-bond acceptors (Lipinski definition) is 3. The number of nitrogens with zero attached hydrogens (tertiary/aromatic N) is 2. The Morgan fingerprint density at radius 3 is 2.76 bits per heavy atom. The number of amides is 1. The first-order chi connectivity index (χ1) is 14.0. The third kappa shape index (κ3) is 4.67. The fraction of sp³-hybridized carbons (Fsp3) is 0.565. The minimum Gasteiger partial charge on any atom is -0.355 e. The van der Waals surface area contributed by atoms with E-state index in [4.69, 9.17) is 11.6 Å². The van der Waals surface area contributed by atoms with E-state index >= 15 is 0 Å². The average Bonchev–Trinajstić information content (AvgIpc) is 3.39. The van der Waals surface area contributed by atoms with Gasteiger partial charge in [0.05, 0.1) is 11.1 Å². The van der Waals surface area contributed by atoms with E-state index in [1.165, 1.54) is 18.5 Å². The summed E-state index contributed by atoms with van der Waals surface area (Å²) in [7, 11) is 0. The van der Waals surface area contributed by atoms with Crippen LogP contribution in [0.3, 0.4) is 0 Å². The fourth-order valence-electron chi connectivity index (χ4n) is 4.41. The molecule has 2 fully saturated rings. The van der Waals surface area contributed by atoms with Crippen LogP contribution in [0.5, 0.6) is 0 Å². The zero-order valence-corrected chi connectivity index (χ0v) is 18.1. The van der Waals surface area contributed by atoms with Gasteiger partial charge in [0.2, 0.25) is 5.91 Å². The molecular formula is C23H31ClN4O. The summed E-state index contributed by atoms with van der Waals surface area (Å²) in [6.07, 6.45) is 4.20. The van der Waals surface area contributed by atoms with Gasteiger partial charge in [-0.05, 0) is 67.8 Å². The van der Waals surface area contributed by atoms with Crippen molar-refractivity contribution in [3.05, 3.63) is 52.3 Å². The molecule has 2 aromatic rings. The molecule has 1 atom stereocenters. The molecule has 1 aromatic heterocycles. The Labute approximate surface area is 178 Å². The third-order valence-corrected chi connectivity index (χ3v) is 6.62. The van der Waals surface area contributed by atoms with E-state index in [9.17, 15) is 4.79 Å². The molecule has 2 aliphatic rings. The highest BCUT2D eigenvalue weighted by Crippen LogP contribution is 2.48. The van der Waals surface area contributed by atoms with Crippen molar-refractivity contribution in [2.75, 3.05) is 19.6 Å². The highest BCUT2D eigenvalue weighted by Gasteiger charge is 2.51. The van der Waals surface area contributed by atoms with Gasteiger partial charge in [-0.3, -0.25) is 14.8 Å². The van der Waals surface area contributed by atoms with Crippen molar-refractivity contribution in [2.45, 2.75) is 57.4 Å². The van der Waals surface area contributed by atoms with Crippen molar-refractivity contribution in [3.8, 4) is 0 Å². The van der Waals surface area contributed by atoms with Crippen LogP contribution in [0, 0.1) is 5.92 Å². The molecule has 1 aromatic carbocycles. The summed E-state index contributed by atoms with van der Waals surface area (Å²) in [5, 5.41) is 11.6. The minimum absolute atomic E-state index is 0.173. The second kappa shape index (κ2) is 8.49. The second-order valence-electron chi connectivity index (χ2n) is 9.02. The Kier molecular flexibility index (Phi) is 5.98. The maximum Gasteiger partial charge on any atom is 0.230 e. The van der Waals surface area contributed by atoms with Gasteiger partial charge in [-0.15, -0.1) is 0 Å². The molecule has 0 spiro atoms. The predicted molar refractivity (Wildman–Crippen MR) is 116 cm³/mol. The van der Waals surface area contributed by atoms with Gasteiger partial charge in [-0.25, -0.2) is 0 Å². The van der Waals surface area contributed by atoms with Gasteiger partial charge in [0, 0.05) is 30.4 Å². The molecular weight excluding hydrogens is 384 g/mol. The molecule has 2 heterocycles. The second-order valence-corrected chi connectivity index (χ2v) is 9.45. The number of aromatic nitrogens is 2. The van der Waals surface area contributed by atoms with Crippen LogP contribution < -0.4 is 5.32 Å². The molecule has 1 saturated heterocycles. The largest absolute Gasteiger partial charge is 0.355 e. The van der Waals surface area contributed by atoms with E-state index in [1.807, 2.05) is 24.3 Å². The number of aromatic amines is 1. The quantitative estimate of drug-likeness (QED) is 0.712. The van der Waals surface area contributed by atoms with E-state index in [2.05, 4.69) is 40.3 Å². The molecule has 1 aliphatic heterocycles. The molecule has 0 radical (unpaired) electrons. The number of piperidine rings is 1. The molecule has 5 nitrogen and oxygen atoms in total. The first kappa shape index (κ1) is 20.4. The molecule has 29 heavy (non-hydrogen) atoms. The Bertz CT molecular complexity index is 841. The van der Waals surface area contributed by atoms with Gasteiger partial charge in [-0.2, -0.15) is 5.10 Å². The number of nitrogens with one attached hydrogen (secondary N) is 2. The zero-order chi connectivity index (χ0) is 20.4. The van der Waals surface area contributed by atoms with Crippen LogP contribution in [0.4, 0.5) is 0 Å². The van der Waals surface area contributed by atoms with Crippen LogP contribution in [0.25, 0.3) is 0 Å². The van der Waals surface area contributed by atoms with Gasteiger partial charge in [0.1, 0.15) is 0 Å². The summed E-state index contributed by atoms with van der Waals surface area (Å²) in [4.78, 5) is 15.4. The Morgan fingerprint density at radius 1 is 1.34 bits per heavy atom. The SMILES string of the molecule is CC(C)c1cc(CN2CCC[C@@H](CNC(=O)C3(c4ccc(Cl)cc4)CC3)C2)[nH]n1. The van der Waals surface area contributed by atoms with Gasteiger partial charge in [0.15, 0.2) is 0 Å². The predicted octanol–water partition coefficient (Wildman–Crippen LogP) is 4.25. The number of halogens is 1. The first-order valence-electron chi connectivity index (χ1n) is 10.8. The van der Waals surface area contributed by atoms with Gasteiger partial charge >= 0.3 is 0 Å². The molecule has 0 unspecified atom stereocenters. The highest BCUT2D eigenvalue weighted by molar-refractivity contribution is 6.30. The maximum atomic E-state index is 12.9. The van der Waals surface area contributed by atoms with Crippen molar-refractivity contribution in [2.24, 2.45) is 5.92 Å². The number of carbonyl (C=O) groups excluding carboxylic acids is 1.